The van der Waals surface area contributed by atoms with Crippen molar-refractivity contribution in [1.82, 2.24) is 14.5 Å². The third-order valence-electron chi connectivity index (χ3n) is 3.41. The first kappa shape index (κ1) is 15.5. The topological polar surface area (TPSA) is 84.2 Å². The first-order chi connectivity index (χ1) is 9.72. The average molecular weight is 309 g/mol. The summed E-state index contributed by atoms with van der Waals surface area (Å²) in [6.45, 7) is 5.11. The Balaban J connectivity index is 2.33. The molecule has 0 fully saturated rings. The van der Waals surface area contributed by atoms with Crippen molar-refractivity contribution < 1.29 is 13.5 Å². The molecule has 0 unspecified atom stereocenters. The summed E-state index contributed by atoms with van der Waals surface area (Å²) in [7, 11) is -1.97. The van der Waals surface area contributed by atoms with E-state index in [2.05, 4.69) is 9.82 Å². The SMILES string of the molecule is Cc1nn(C)c(C)c1S(=O)(=O)N[C@H](C)c1cccc(O)c1. The Morgan fingerprint density at radius 3 is 2.52 bits per heavy atom. The molecule has 2 aromatic rings. The second-order valence-electron chi connectivity index (χ2n) is 5.06. The van der Waals surface area contributed by atoms with Crippen LogP contribution in [0.5, 0.6) is 5.75 Å². The van der Waals surface area contributed by atoms with Crippen LogP contribution in [0.25, 0.3) is 0 Å². The Hall–Kier alpha value is -1.86. The fraction of sp³-hybridized carbons (Fsp3) is 0.357. The van der Waals surface area contributed by atoms with E-state index in [-0.39, 0.29) is 10.6 Å². The van der Waals surface area contributed by atoms with Gasteiger partial charge in [-0.15, -0.1) is 0 Å². The number of aromatic hydroxyl groups is 1. The van der Waals surface area contributed by atoms with Crippen LogP contribution in [0.4, 0.5) is 0 Å². The van der Waals surface area contributed by atoms with Gasteiger partial charge in [0, 0.05) is 13.1 Å². The van der Waals surface area contributed by atoms with Gasteiger partial charge in [-0.25, -0.2) is 13.1 Å². The number of hydrogen-bond acceptors (Lipinski definition) is 4. The molecule has 0 aliphatic rings. The maximum Gasteiger partial charge on any atom is 0.244 e. The normalized spacial score (nSPS) is 13.3. The monoisotopic (exact) mass is 309 g/mol. The van der Waals surface area contributed by atoms with Crippen molar-refractivity contribution in [3.8, 4) is 5.75 Å². The van der Waals surface area contributed by atoms with Gasteiger partial charge in [0.2, 0.25) is 10.0 Å². The van der Waals surface area contributed by atoms with Gasteiger partial charge in [-0.3, -0.25) is 4.68 Å². The summed E-state index contributed by atoms with van der Waals surface area (Å²) in [6, 6.07) is 6.06. The number of phenols is 1. The predicted molar refractivity (Wildman–Crippen MR) is 79.5 cm³/mol. The number of benzene rings is 1. The van der Waals surface area contributed by atoms with Gasteiger partial charge in [0.25, 0.3) is 0 Å². The Kier molecular flexibility index (Phi) is 4.06. The minimum absolute atomic E-state index is 0.104. The van der Waals surface area contributed by atoms with Gasteiger partial charge >= 0.3 is 0 Å². The lowest BCUT2D eigenvalue weighted by Gasteiger charge is -2.15. The molecule has 114 valence electrons. The molecule has 7 heteroatoms. The van der Waals surface area contributed by atoms with Gasteiger partial charge < -0.3 is 5.11 Å². The van der Waals surface area contributed by atoms with Crippen molar-refractivity contribution in [3.63, 3.8) is 0 Å². The molecule has 1 aromatic heterocycles. The van der Waals surface area contributed by atoms with E-state index >= 15 is 0 Å². The van der Waals surface area contributed by atoms with Crippen LogP contribution < -0.4 is 4.72 Å². The zero-order chi connectivity index (χ0) is 15.8. The van der Waals surface area contributed by atoms with Crippen molar-refractivity contribution in [2.75, 3.05) is 0 Å². The fourth-order valence-electron chi connectivity index (χ4n) is 2.30. The predicted octanol–water partition coefficient (Wildman–Crippen LogP) is 1.78. The largest absolute Gasteiger partial charge is 0.508 e. The van der Waals surface area contributed by atoms with E-state index in [1.165, 1.54) is 6.07 Å². The number of rotatable bonds is 4. The molecule has 1 aromatic carbocycles. The quantitative estimate of drug-likeness (QED) is 0.901. The summed E-state index contributed by atoms with van der Waals surface area (Å²) in [5, 5.41) is 13.6. The van der Waals surface area contributed by atoms with Crippen LogP contribution in [0.2, 0.25) is 0 Å². The zero-order valence-electron chi connectivity index (χ0n) is 12.5. The minimum Gasteiger partial charge on any atom is -0.508 e. The van der Waals surface area contributed by atoms with E-state index in [0.717, 1.165) is 0 Å². The van der Waals surface area contributed by atoms with Gasteiger partial charge in [-0.1, -0.05) is 12.1 Å². The second-order valence-corrected chi connectivity index (χ2v) is 6.71. The molecule has 0 aliphatic carbocycles. The molecule has 0 aliphatic heterocycles. The molecule has 0 bridgehead atoms. The Bertz CT molecular complexity index is 766. The second kappa shape index (κ2) is 5.50. The molecule has 1 heterocycles. The number of aromatic nitrogens is 2. The number of hydrogen-bond donors (Lipinski definition) is 2. The lowest BCUT2D eigenvalue weighted by molar-refractivity contribution is 0.473. The summed E-state index contributed by atoms with van der Waals surface area (Å²) < 4.78 is 29.2. The van der Waals surface area contributed by atoms with Gasteiger partial charge in [0.05, 0.1) is 11.4 Å². The van der Waals surface area contributed by atoms with Crippen molar-refractivity contribution >= 4 is 10.0 Å². The molecule has 2 rings (SSSR count). The molecular weight excluding hydrogens is 290 g/mol. The van der Waals surface area contributed by atoms with Crippen LogP contribution >= 0.6 is 0 Å². The molecule has 21 heavy (non-hydrogen) atoms. The van der Waals surface area contributed by atoms with Crippen LogP contribution in [-0.4, -0.2) is 23.3 Å². The van der Waals surface area contributed by atoms with Crippen molar-refractivity contribution in [1.29, 1.82) is 0 Å². The smallest absolute Gasteiger partial charge is 0.244 e. The fourth-order valence-corrected chi connectivity index (χ4v) is 3.97. The standard InChI is InChI=1S/C14H19N3O3S/c1-9(12-6-5-7-13(18)8-12)16-21(19,20)14-10(2)15-17(4)11(14)3/h5-9,16,18H,1-4H3/t9-/m1/s1. The highest BCUT2D eigenvalue weighted by molar-refractivity contribution is 7.89. The number of sulfonamides is 1. The third kappa shape index (κ3) is 3.08. The van der Waals surface area contributed by atoms with E-state index in [9.17, 15) is 13.5 Å². The number of nitrogens with zero attached hydrogens (tertiary/aromatic N) is 2. The van der Waals surface area contributed by atoms with Gasteiger partial charge in [0.1, 0.15) is 10.6 Å². The van der Waals surface area contributed by atoms with E-state index < -0.39 is 16.1 Å². The summed E-state index contributed by atoms with van der Waals surface area (Å²) in [5.74, 6) is 0.104. The molecule has 0 amide bonds. The Morgan fingerprint density at radius 1 is 1.33 bits per heavy atom. The van der Waals surface area contributed by atoms with Crippen LogP contribution in [-0.2, 0) is 17.1 Å². The summed E-state index contributed by atoms with van der Waals surface area (Å²) in [4.78, 5) is 0.206. The molecule has 2 N–H and O–H groups in total. The van der Waals surface area contributed by atoms with Gasteiger partial charge in [-0.2, -0.15) is 5.10 Å². The molecule has 0 radical (unpaired) electrons. The highest BCUT2D eigenvalue weighted by Crippen LogP contribution is 2.23. The van der Waals surface area contributed by atoms with Crippen molar-refractivity contribution in [2.24, 2.45) is 7.05 Å². The molecular formula is C14H19N3O3S. The molecule has 0 saturated heterocycles. The Labute approximate surface area is 124 Å². The van der Waals surface area contributed by atoms with Crippen LogP contribution in [0.3, 0.4) is 0 Å². The van der Waals surface area contributed by atoms with Crippen molar-refractivity contribution in [3.05, 3.63) is 41.2 Å². The molecule has 0 spiro atoms. The van der Waals surface area contributed by atoms with Gasteiger partial charge in [0.15, 0.2) is 0 Å². The van der Waals surface area contributed by atoms with Crippen LogP contribution in [0.15, 0.2) is 29.2 Å². The number of nitrogens with one attached hydrogen (secondary N) is 1. The lowest BCUT2D eigenvalue weighted by atomic mass is 10.1. The minimum atomic E-state index is -3.68. The van der Waals surface area contributed by atoms with E-state index in [4.69, 9.17) is 0 Å². The number of aryl methyl sites for hydroxylation is 2. The zero-order valence-corrected chi connectivity index (χ0v) is 13.3. The average Bonchev–Trinajstić information content (AvgIpc) is 2.63. The van der Waals surface area contributed by atoms with E-state index in [1.54, 1.807) is 50.7 Å². The maximum atomic E-state index is 12.5. The third-order valence-corrected chi connectivity index (χ3v) is 5.21. The lowest BCUT2D eigenvalue weighted by Crippen LogP contribution is -2.27. The molecule has 0 saturated carbocycles. The number of phenolic OH excluding ortho intramolecular Hbond substituents is 1. The summed E-state index contributed by atoms with van der Waals surface area (Å²) >= 11 is 0. The highest BCUT2D eigenvalue weighted by Gasteiger charge is 2.25. The highest BCUT2D eigenvalue weighted by atomic mass is 32.2. The van der Waals surface area contributed by atoms with Crippen molar-refractivity contribution in [2.45, 2.75) is 31.7 Å². The first-order valence-corrected chi connectivity index (χ1v) is 8.02. The van der Waals surface area contributed by atoms with Gasteiger partial charge in [-0.05, 0) is 38.5 Å². The Morgan fingerprint density at radius 2 is 2.00 bits per heavy atom. The summed E-state index contributed by atoms with van der Waals surface area (Å²) in [5.41, 5.74) is 1.74. The van der Waals surface area contributed by atoms with E-state index in [0.29, 0.717) is 17.0 Å². The maximum absolute atomic E-state index is 12.5. The first-order valence-electron chi connectivity index (χ1n) is 6.54. The van der Waals surface area contributed by atoms with E-state index in [1.807, 2.05) is 0 Å². The molecule has 6 nitrogen and oxygen atoms in total. The van der Waals surface area contributed by atoms with Crippen LogP contribution in [0.1, 0.15) is 29.9 Å². The summed E-state index contributed by atoms with van der Waals surface area (Å²) in [6.07, 6.45) is 0. The molecule has 1 atom stereocenters. The van der Waals surface area contributed by atoms with Crippen LogP contribution in [0, 0.1) is 13.8 Å².